The Morgan fingerprint density at radius 1 is 1.08 bits per heavy atom. The molecule has 2 aromatic carbocycles. The van der Waals surface area contributed by atoms with Crippen molar-refractivity contribution in [2.45, 2.75) is 52.6 Å². The van der Waals surface area contributed by atoms with Crippen molar-refractivity contribution >= 4 is 56.7 Å². The van der Waals surface area contributed by atoms with E-state index in [2.05, 4.69) is 21.5 Å². The van der Waals surface area contributed by atoms with Gasteiger partial charge in [-0.05, 0) is 62.1 Å². The molecule has 0 radical (unpaired) electrons. The molecule has 2 aliphatic rings. The summed E-state index contributed by atoms with van der Waals surface area (Å²) in [5.74, 6) is -1.33. The fourth-order valence-corrected chi connectivity index (χ4v) is 7.75. The van der Waals surface area contributed by atoms with Crippen molar-refractivity contribution in [3.63, 3.8) is 0 Å². The monoisotopic (exact) mass is 667 g/mol. The lowest BCUT2D eigenvalue weighted by Crippen LogP contribution is -2.66. The molecule has 5 aromatic rings. The highest BCUT2D eigenvalue weighted by Gasteiger charge is 2.46. The topological polar surface area (TPSA) is 107 Å². The maximum atomic E-state index is 16.9. The Morgan fingerprint density at radius 3 is 2.54 bits per heavy atom. The molecule has 0 saturated carbocycles. The molecule has 5 heterocycles. The first-order valence-electron chi connectivity index (χ1n) is 15.8. The summed E-state index contributed by atoms with van der Waals surface area (Å²) in [5.41, 5.74) is 4.88. The van der Waals surface area contributed by atoms with Gasteiger partial charge in [0.1, 0.15) is 17.5 Å². The number of pyridine rings is 2. The normalized spacial score (nSPS) is 17.8. The van der Waals surface area contributed by atoms with Crippen LogP contribution in [-0.2, 0) is 9.59 Å². The van der Waals surface area contributed by atoms with E-state index >= 15 is 9.18 Å². The van der Waals surface area contributed by atoms with Gasteiger partial charge in [-0.2, -0.15) is 0 Å². The molecule has 0 bridgehead atoms. The summed E-state index contributed by atoms with van der Waals surface area (Å²) in [6.45, 7) is 13.5. The first-order valence-corrected chi connectivity index (χ1v) is 16.2. The fourth-order valence-electron chi connectivity index (χ4n) is 7.38. The second-order valence-corrected chi connectivity index (χ2v) is 13.3. The third-order valence-corrected chi connectivity index (χ3v) is 10.1. The maximum Gasteiger partial charge on any atom is 0.281 e. The molecule has 2 atom stereocenters. The molecule has 2 unspecified atom stereocenters. The number of aromatic amines is 1. The highest BCUT2D eigenvalue weighted by atomic mass is 35.5. The summed E-state index contributed by atoms with van der Waals surface area (Å²) in [6.07, 6.45) is 4.47. The van der Waals surface area contributed by atoms with Gasteiger partial charge in [0.05, 0.1) is 51.5 Å². The molecule has 2 aliphatic heterocycles. The number of hydrogen-bond acceptors (Lipinski definition) is 6. The number of carbonyl (C=O) groups is 2. The van der Waals surface area contributed by atoms with Gasteiger partial charge in [0, 0.05) is 42.3 Å². The van der Waals surface area contributed by atoms with Crippen molar-refractivity contribution in [3.05, 3.63) is 87.5 Å². The number of carbonyl (C=O) groups excluding carboxylic acids is 2. The summed E-state index contributed by atoms with van der Waals surface area (Å²) in [5, 5.41) is 0.395. The minimum atomic E-state index is -0.811. The van der Waals surface area contributed by atoms with E-state index in [1.807, 2.05) is 57.7 Å². The van der Waals surface area contributed by atoms with Crippen LogP contribution in [0.2, 0.25) is 5.02 Å². The number of nitrogens with zero attached hydrogens (tertiary/aromatic N) is 6. The van der Waals surface area contributed by atoms with Crippen LogP contribution in [0.1, 0.15) is 43.5 Å². The Labute approximate surface area is 281 Å². The number of fused-ring (bicyclic) bond motifs is 6. The number of benzene rings is 2. The summed E-state index contributed by atoms with van der Waals surface area (Å²) in [4.78, 5) is 58.9. The molecular formula is C36H35ClFN7O3. The molecular weight excluding hydrogens is 633 g/mol. The number of H-pyrrole nitrogens is 1. The summed E-state index contributed by atoms with van der Waals surface area (Å²) < 4.78 is 18.4. The standard InChI is InChI=1S/C36H35ClFN7O3/c1-8-25(46)43-15-24-35(47)42(7)34-33(44(24)14-20(43)6)21-13-22(38)27(26-18(4)9-10-23-30(26)41-16-40-23)28(37)32(21)45(36(34)48)31-19(5)11-12-39-29(31)17(2)3/h8-13,16-17,20,24H,1,14-15H2,2-7H3,(H,40,41). The number of likely N-dealkylation sites (N-methyl/N-ethyl adjacent to an activating group) is 1. The molecule has 246 valence electrons. The summed E-state index contributed by atoms with van der Waals surface area (Å²) in [7, 11) is 1.54. The number of imidazole rings is 1. The van der Waals surface area contributed by atoms with Crippen molar-refractivity contribution in [2.24, 2.45) is 0 Å². The van der Waals surface area contributed by atoms with E-state index in [1.165, 1.54) is 21.6 Å². The number of nitrogens with one attached hydrogen (secondary N) is 1. The predicted octanol–water partition coefficient (Wildman–Crippen LogP) is 6.03. The average Bonchev–Trinajstić information content (AvgIpc) is 3.53. The SMILES string of the molecule is C=CC(=O)N1CC2C(=O)N(C)c3c(c4cc(F)c(-c5c(C)ccc6[nH]cnc56)c(Cl)c4n(-c4c(C)ccnc4C(C)C)c3=O)N2CC1C. The molecule has 1 saturated heterocycles. The third-order valence-electron chi connectivity index (χ3n) is 9.71. The van der Waals surface area contributed by atoms with Crippen molar-refractivity contribution in [3.8, 4) is 16.8 Å². The molecule has 7 rings (SSSR count). The summed E-state index contributed by atoms with van der Waals surface area (Å²) >= 11 is 7.41. The lowest BCUT2D eigenvalue weighted by Gasteiger charge is -2.50. The van der Waals surface area contributed by atoms with Gasteiger partial charge >= 0.3 is 0 Å². The average molecular weight is 668 g/mol. The van der Waals surface area contributed by atoms with E-state index in [0.717, 1.165) is 11.1 Å². The second-order valence-electron chi connectivity index (χ2n) is 13.0. The molecule has 0 spiro atoms. The number of rotatable bonds is 4. The van der Waals surface area contributed by atoms with Crippen molar-refractivity contribution < 1.29 is 14.0 Å². The molecule has 1 N–H and O–H groups in total. The number of hydrogen-bond donors (Lipinski definition) is 1. The second kappa shape index (κ2) is 11.3. The van der Waals surface area contributed by atoms with Crippen molar-refractivity contribution in [1.29, 1.82) is 0 Å². The lowest BCUT2D eigenvalue weighted by molar-refractivity contribution is -0.130. The first kappa shape index (κ1) is 31.6. The third kappa shape index (κ3) is 4.40. The highest BCUT2D eigenvalue weighted by molar-refractivity contribution is 6.39. The number of aromatic nitrogens is 4. The van der Waals surface area contributed by atoms with Crippen molar-refractivity contribution in [1.82, 2.24) is 24.4 Å². The molecule has 48 heavy (non-hydrogen) atoms. The van der Waals surface area contributed by atoms with E-state index in [0.29, 0.717) is 44.6 Å². The lowest BCUT2D eigenvalue weighted by atomic mass is 9.93. The van der Waals surface area contributed by atoms with Crippen LogP contribution < -0.4 is 15.4 Å². The van der Waals surface area contributed by atoms with Gasteiger partial charge in [-0.3, -0.25) is 23.9 Å². The largest absolute Gasteiger partial charge is 0.354 e. The number of halogens is 2. The highest BCUT2D eigenvalue weighted by Crippen LogP contribution is 2.48. The van der Waals surface area contributed by atoms with Gasteiger partial charge in [0.15, 0.2) is 0 Å². The molecule has 0 aliphatic carbocycles. The zero-order valence-corrected chi connectivity index (χ0v) is 28.3. The zero-order valence-electron chi connectivity index (χ0n) is 27.6. The molecule has 1 fully saturated rings. The zero-order chi connectivity index (χ0) is 34.3. The Kier molecular flexibility index (Phi) is 7.43. The van der Waals surface area contributed by atoms with Crippen molar-refractivity contribution in [2.75, 3.05) is 29.9 Å². The van der Waals surface area contributed by atoms with Gasteiger partial charge in [-0.25, -0.2) is 9.37 Å². The molecule has 2 amide bonds. The smallest absolute Gasteiger partial charge is 0.281 e. The van der Waals surface area contributed by atoms with Crippen LogP contribution in [0.5, 0.6) is 0 Å². The van der Waals surface area contributed by atoms with E-state index in [1.54, 1.807) is 24.5 Å². The quantitative estimate of drug-likeness (QED) is 0.235. The van der Waals surface area contributed by atoms with Gasteiger partial charge < -0.3 is 19.7 Å². The Hall–Kier alpha value is -5.03. The number of aryl methyl sites for hydroxylation is 2. The maximum absolute atomic E-state index is 16.9. The Morgan fingerprint density at radius 2 is 1.83 bits per heavy atom. The van der Waals surface area contributed by atoms with Gasteiger partial charge in [-0.1, -0.05) is 38.1 Å². The van der Waals surface area contributed by atoms with E-state index in [9.17, 15) is 9.59 Å². The van der Waals surface area contributed by atoms with Crippen LogP contribution in [0.4, 0.5) is 15.8 Å². The molecule has 3 aromatic heterocycles. The molecule has 12 heteroatoms. The minimum Gasteiger partial charge on any atom is -0.354 e. The van der Waals surface area contributed by atoms with E-state index in [-0.39, 0.29) is 53.1 Å². The minimum absolute atomic E-state index is 0.0334. The van der Waals surface area contributed by atoms with Crippen LogP contribution in [0.25, 0.3) is 38.8 Å². The first-order chi connectivity index (χ1) is 22.9. The fraction of sp³-hybridized carbons (Fsp3) is 0.306. The van der Waals surface area contributed by atoms with Gasteiger partial charge in [0.2, 0.25) is 5.91 Å². The van der Waals surface area contributed by atoms with E-state index in [4.69, 9.17) is 11.6 Å². The number of amides is 2. The Bertz CT molecular complexity index is 2280. The summed E-state index contributed by atoms with van der Waals surface area (Å²) in [6, 6.07) is 5.82. The Balaban J connectivity index is 1.65. The van der Waals surface area contributed by atoms with Crippen LogP contribution >= 0.6 is 11.6 Å². The van der Waals surface area contributed by atoms with Crippen LogP contribution in [-0.4, -0.2) is 68.5 Å². The number of anilines is 2. The predicted molar refractivity (Wildman–Crippen MR) is 187 cm³/mol. The van der Waals surface area contributed by atoms with E-state index < -0.39 is 17.4 Å². The van der Waals surface area contributed by atoms with Crippen LogP contribution in [0, 0.1) is 19.7 Å². The van der Waals surface area contributed by atoms with Gasteiger partial charge in [-0.15, -0.1) is 0 Å². The van der Waals surface area contributed by atoms with Crippen LogP contribution in [0.3, 0.4) is 0 Å². The number of piperazine rings is 1. The van der Waals surface area contributed by atoms with Gasteiger partial charge in [0.25, 0.3) is 11.5 Å². The molecule has 10 nitrogen and oxygen atoms in total. The van der Waals surface area contributed by atoms with Crippen LogP contribution in [0.15, 0.2) is 54.2 Å².